The summed E-state index contributed by atoms with van der Waals surface area (Å²) in [6.45, 7) is -0.301. The second-order valence-electron chi connectivity index (χ2n) is 4.98. The first-order valence-electron chi connectivity index (χ1n) is 6.51. The lowest BCUT2D eigenvalue weighted by Gasteiger charge is -2.34. The van der Waals surface area contributed by atoms with Gasteiger partial charge in [-0.2, -0.15) is 26.3 Å². The summed E-state index contributed by atoms with van der Waals surface area (Å²) >= 11 is 0. The Kier molecular flexibility index (Phi) is 6.03. The molecule has 0 heterocycles. The molecule has 0 aromatic heterocycles. The molecule has 0 atom stereocenters. The van der Waals surface area contributed by atoms with Gasteiger partial charge in [-0.1, -0.05) is 0 Å². The van der Waals surface area contributed by atoms with Gasteiger partial charge in [-0.3, -0.25) is 5.43 Å². The van der Waals surface area contributed by atoms with Crippen LogP contribution in [-0.2, 0) is 10.0 Å². The van der Waals surface area contributed by atoms with Crippen LogP contribution in [0, 0.1) is 0 Å². The van der Waals surface area contributed by atoms with Crippen molar-refractivity contribution < 1.29 is 44.3 Å². The number of amides is 2. The molecule has 0 fully saturated rings. The number of benzene rings is 1. The number of urea groups is 1. The van der Waals surface area contributed by atoms with E-state index in [0.29, 0.717) is 11.1 Å². The molecule has 148 valence electrons. The number of hydrogen-bond acceptors (Lipinski definition) is 4. The van der Waals surface area contributed by atoms with Gasteiger partial charge in [0.25, 0.3) is 10.0 Å². The van der Waals surface area contributed by atoms with E-state index in [1.54, 1.807) is 0 Å². The van der Waals surface area contributed by atoms with Crippen LogP contribution in [0.1, 0.15) is 6.92 Å². The molecule has 0 aliphatic heterocycles. The van der Waals surface area contributed by atoms with E-state index >= 15 is 0 Å². The largest absolute Gasteiger partial charge is 0.497 e. The van der Waals surface area contributed by atoms with Gasteiger partial charge in [0.05, 0.1) is 12.0 Å². The minimum Gasteiger partial charge on any atom is -0.497 e. The van der Waals surface area contributed by atoms with E-state index in [2.05, 4.69) is 0 Å². The summed E-state index contributed by atoms with van der Waals surface area (Å²) in [6, 6.07) is 2.49. The van der Waals surface area contributed by atoms with E-state index in [1.807, 2.05) is 0 Å². The minimum atomic E-state index is -5.88. The average molecular weight is 409 g/mol. The third-order valence-corrected chi connectivity index (χ3v) is 4.43. The Hall–Kier alpha value is -2.22. The van der Waals surface area contributed by atoms with Crippen LogP contribution in [0.2, 0.25) is 0 Å². The van der Waals surface area contributed by atoms with Gasteiger partial charge in [-0.25, -0.2) is 13.2 Å². The van der Waals surface area contributed by atoms with E-state index in [1.165, 1.54) is 29.5 Å². The summed E-state index contributed by atoms with van der Waals surface area (Å²) < 4.78 is 104. The Morgan fingerprint density at radius 3 is 1.85 bits per heavy atom. The Morgan fingerprint density at radius 1 is 1.00 bits per heavy atom. The minimum absolute atomic E-state index is 0.292. The van der Waals surface area contributed by atoms with Crippen molar-refractivity contribution in [1.29, 1.82) is 0 Å². The third kappa shape index (κ3) is 4.69. The maximum absolute atomic E-state index is 12.7. The van der Waals surface area contributed by atoms with Crippen LogP contribution in [-0.4, -0.2) is 39.5 Å². The van der Waals surface area contributed by atoms with Gasteiger partial charge in [0.15, 0.2) is 0 Å². The Balaban J connectivity index is 2.87. The highest BCUT2D eigenvalue weighted by Gasteiger charge is 2.68. The molecule has 1 aromatic carbocycles. The Morgan fingerprint density at radius 2 is 1.46 bits per heavy atom. The molecule has 0 bridgehead atoms. The van der Waals surface area contributed by atoms with Crippen molar-refractivity contribution in [1.82, 2.24) is 15.6 Å². The molecular weight excluding hydrogens is 396 g/mol. The predicted octanol–water partition coefficient (Wildman–Crippen LogP) is 2.07. The van der Waals surface area contributed by atoms with Crippen molar-refractivity contribution in [2.45, 2.75) is 29.7 Å². The van der Waals surface area contributed by atoms with Crippen molar-refractivity contribution in [3.8, 4) is 5.75 Å². The second kappa shape index (κ2) is 7.19. The molecule has 0 aliphatic carbocycles. The number of halogens is 6. The number of hydrazine groups is 1. The molecule has 0 saturated carbocycles. The zero-order valence-electron chi connectivity index (χ0n) is 13.1. The molecule has 0 aliphatic rings. The van der Waals surface area contributed by atoms with Crippen LogP contribution in [0.3, 0.4) is 0 Å². The summed E-state index contributed by atoms with van der Waals surface area (Å²) in [4.78, 5) is 12.3. The van der Waals surface area contributed by atoms with E-state index in [9.17, 15) is 39.6 Å². The summed E-state index contributed by atoms with van der Waals surface area (Å²) in [5.74, 6) is 0.292. The van der Waals surface area contributed by atoms with Gasteiger partial charge in [0, 0.05) is 0 Å². The molecule has 14 heteroatoms. The number of carbonyl (C=O) groups excluding carboxylic acids is 1. The maximum Gasteiger partial charge on any atom is 0.420 e. The lowest BCUT2D eigenvalue weighted by atomic mass is 10.0. The first kappa shape index (κ1) is 21.8. The lowest BCUT2D eigenvalue weighted by Crippen LogP contribution is -2.67. The SMILES string of the molecule is COc1ccc(S(=O)(=O)NNC(=O)NC(C)(C(F)(F)F)C(F)(F)F)cc1. The zero-order valence-corrected chi connectivity index (χ0v) is 13.9. The lowest BCUT2D eigenvalue weighted by molar-refractivity contribution is -0.297. The second-order valence-corrected chi connectivity index (χ2v) is 6.66. The number of carbonyl (C=O) groups is 1. The molecule has 0 saturated heterocycles. The number of alkyl halides is 6. The predicted molar refractivity (Wildman–Crippen MR) is 75.5 cm³/mol. The molecule has 2 amide bonds. The number of ether oxygens (including phenoxy) is 1. The molecule has 0 unspecified atom stereocenters. The average Bonchev–Trinajstić information content (AvgIpc) is 2.51. The fraction of sp³-hybridized carbons (Fsp3) is 0.417. The van der Waals surface area contributed by atoms with Gasteiger partial charge in [0.2, 0.25) is 5.54 Å². The van der Waals surface area contributed by atoms with Gasteiger partial charge >= 0.3 is 18.4 Å². The summed E-state index contributed by atoms with van der Waals surface area (Å²) in [5.41, 5.74) is -3.36. The number of hydrogen-bond donors (Lipinski definition) is 3. The topological polar surface area (TPSA) is 96.5 Å². The molecule has 1 rings (SSSR count). The molecular formula is C12H13F6N3O4S. The van der Waals surface area contributed by atoms with Crippen molar-refractivity contribution >= 4 is 16.1 Å². The Labute approximate surface area is 143 Å². The highest BCUT2D eigenvalue weighted by atomic mass is 32.2. The smallest absolute Gasteiger partial charge is 0.420 e. The number of nitrogens with one attached hydrogen (secondary N) is 3. The standard InChI is InChI=1S/C12H13F6N3O4S/c1-10(11(13,14)15,12(16,17)18)19-9(22)20-21-26(23,24)8-5-3-7(25-2)4-6-8/h3-6,21H,1-2H3,(H2,19,20,22). The maximum atomic E-state index is 12.7. The molecule has 0 spiro atoms. The number of methoxy groups -OCH3 is 1. The summed E-state index contributed by atoms with van der Waals surface area (Å²) in [6.07, 6.45) is -11.8. The zero-order chi connectivity index (χ0) is 20.4. The third-order valence-electron chi connectivity index (χ3n) is 3.17. The summed E-state index contributed by atoms with van der Waals surface area (Å²) in [5, 5.41) is 0.669. The normalized spacial score (nSPS) is 13.2. The Bertz CT molecular complexity index is 732. The van der Waals surface area contributed by atoms with Crippen molar-refractivity contribution in [3.63, 3.8) is 0 Å². The van der Waals surface area contributed by atoms with Crippen LogP contribution in [0.25, 0.3) is 0 Å². The first-order chi connectivity index (χ1) is 11.6. The molecule has 1 aromatic rings. The highest BCUT2D eigenvalue weighted by Crippen LogP contribution is 2.42. The van der Waals surface area contributed by atoms with Crippen LogP contribution < -0.4 is 20.3 Å². The summed E-state index contributed by atoms with van der Waals surface area (Å²) in [7, 11) is -3.14. The van der Waals surface area contributed by atoms with E-state index in [4.69, 9.17) is 4.74 Å². The molecule has 0 radical (unpaired) electrons. The van der Waals surface area contributed by atoms with Crippen molar-refractivity contribution in [3.05, 3.63) is 24.3 Å². The highest BCUT2D eigenvalue weighted by molar-refractivity contribution is 7.89. The van der Waals surface area contributed by atoms with E-state index in [0.717, 1.165) is 12.1 Å². The quantitative estimate of drug-likeness (QED) is 0.513. The fourth-order valence-corrected chi connectivity index (χ4v) is 2.33. The van der Waals surface area contributed by atoms with Crippen molar-refractivity contribution in [2.75, 3.05) is 7.11 Å². The van der Waals surface area contributed by atoms with Gasteiger partial charge in [-0.15, -0.1) is 4.83 Å². The van der Waals surface area contributed by atoms with E-state index < -0.39 is 38.8 Å². The first-order valence-corrected chi connectivity index (χ1v) is 8.00. The van der Waals surface area contributed by atoms with Crippen LogP contribution in [0.15, 0.2) is 29.2 Å². The molecule has 7 nitrogen and oxygen atoms in total. The van der Waals surface area contributed by atoms with Crippen LogP contribution >= 0.6 is 0 Å². The molecule has 26 heavy (non-hydrogen) atoms. The number of sulfonamides is 1. The van der Waals surface area contributed by atoms with Gasteiger partial charge < -0.3 is 10.1 Å². The van der Waals surface area contributed by atoms with Crippen LogP contribution in [0.4, 0.5) is 31.1 Å². The monoisotopic (exact) mass is 409 g/mol. The van der Waals surface area contributed by atoms with Crippen LogP contribution in [0.5, 0.6) is 5.75 Å². The fourth-order valence-electron chi connectivity index (χ4n) is 1.49. The van der Waals surface area contributed by atoms with Gasteiger partial charge in [0.1, 0.15) is 5.75 Å². The van der Waals surface area contributed by atoms with Gasteiger partial charge in [-0.05, 0) is 31.2 Å². The number of rotatable bonds is 5. The van der Waals surface area contributed by atoms with E-state index in [-0.39, 0.29) is 6.92 Å². The molecule has 3 N–H and O–H groups in total. The van der Waals surface area contributed by atoms with Crippen molar-refractivity contribution in [2.24, 2.45) is 0 Å².